The van der Waals surface area contributed by atoms with Crippen LogP contribution < -0.4 is 0 Å². The Balaban J connectivity index is 1.95. The molecule has 84 valence electrons. The number of benzene rings is 1. The van der Waals surface area contributed by atoms with Crippen LogP contribution in [0.1, 0.15) is 42.9 Å². The molecule has 2 heteroatoms. The second kappa shape index (κ2) is 3.93. The van der Waals surface area contributed by atoms with Crippen molar-refractivity contribution in [3.63, 3.8) is 0 Å². The molecule has 3 rings (SSSR count). The maximum atomic E-state index is 8.01. The number of amidine groups is 1. The lowest BCUT2D eigenvalue weighted by Crippen LogP contribution is -2.31. The van der Waals surface area contributed by atoms with Gasteiger partial charge >= 0.3 is 0 Å². The molecule has 1 N–H and O–H groups in total. The van der Waals surface area contributed by atoms with Gasteiger partial charge in [0, 0.05) is 13.0 Å². The Morgan fingerprint density at radius 1 is 1.12 bits per heavy atom. The van der Waals surface area contributed by atoms with Crippen LogP contribution in [0.3, 0.4) is 0 Å². The van der Waals surface area contributed by atoms with Gasteiger partial charge in [-0.3, -0.25) is 5.41 Å². The molecular formula is C14H18N2. The maximum Gasteiger partial charge on any atom is 0.0963 e. The van der Waals surface area contributed by atoms with E-state index in [1.54, 1.807) is 0 Å². The van der Waals surface area contributed by atoms with E-state index in [1.165, 1.54) is 30.4 Å². The third kappa shape index (κ3) is 1.53. The quantitative estimate of drug-likeness (QED) is 0.764. The number of nitrogens with zero attached hydrogens (tertiary/aromatic N) is 1. The maximum absolute atomic E-state index is 8.01. The van der Waals surface area contributed by atoms with Crippen LogP contribution in [-0.2, 0) is 6.42 Å². The van der Waals surface area contributed by atoms with Crippen LogP contribution in [0, 0.1) is 5.41 Å². The molecule has 1 atom stereocenters. The highest BCUT2D eigenvalue weighted by atomic mass is 15.2. The number of hydrogen-bond acceptors (Lipinski definition) is 1. The second-order valence-electron chi connectivity index (χ2n) is 4.85. The number of aryl methyl sites for hydroxylation is 1. The van der Waals surface area contributed by atoms with Crippen molar-refractivity contribution < 1.29 is 0 Å². The molecule has 0 spiro atoms. The summed E-state index contributed by atoms with van der Waals surface area (Å²) in [6.45, 7) is 1.08. The van der Waals surface area contributed by atoms with Gasteiger partial charge in [-0.1, -0.05) is 24.3 Å². The SMILES string of the molecule is N=C1CCCN1C1CCCc2ccccc21. The molecule has 1 saturated heterocycles. The van der Waals surface area contributed by atoms with Gasteiger partial charge in [0.05, 0.1) is 11.9 Å². The molecule has 1 unspecified atom stereocenters. The van der Waals surface area contributed by atoms with Crippen molar-refractivity contribution in [3.8, 4) is 0 Å². The van der Waals surface area contributed by atoms with Crippen molar-refractivity contribution in [1.29, 1.82) is 5.41 Å². The lowest BCUT2D eigenvalue weighted by atomic mass is 9.87. The molecule has 1 aromatic carbocycles. The molecule has 0 bridgehead atoms. The van der Waals surface area contributed by atoms with Crippen LogP contribution in [0.4, 0.5) is 0 Å². The Morgan fingerprint density at radius 3 is 2.81 bits per heavy atom. The summed E-state index contributed by atoms with van der Waals surface area (Å²) >= 11 is 0. The van der Waals surface area contributed by atoms with E-state index in [9.17, 15) is 0 Å². The smallest absolute Gasteiger partial charge is 0.0963 e. The van der Waals surface area contributed by atoms with Crippen molar-refractivity contribution in [2.24, 2.45) is 0 Å². The van der Waals surface area contributed by atoms with E-state index in [0.717, 1.165) is 25.2 Å². The fourth-order valence-corrected chi connectivity index (χ4v) is 3.09. The van der Waals surface area contributed by atoms with Gasteiger partial charge < -0.3 is 4.90 Å². The standard InChI is InChI=1S/C14H18N2/c15-14-9-4-10-16(14)13-8-3-6-11-5-1-2-7-12(11)13/h1-2,5,7,13,15H,3-4,6,8-10H2. The van der Waals surface area contributed by atoms with E-state index < -0.39 is 0 Å². The van der Waals surface area contributed by atoms with Crippen LogP contribution in [-0.4, -0.2) is 17.3 Å². The number of hydrogen-bond donors (Lipinski definition) is 1. The van der Waals surface area contributed by atoms with E-state index in [1.807, 2.05) is 0 Å². The zero-order valence-electron chi connectivity index (χ0n) is 9.58. The van der Waals surface area contributed by atoms with Gasteiger partial charge in [-0.2, -0.15) is 0 Å². The van der Waals surface area contributed by atoms with Gasteiger partial charge in [0.1, 0.15) is 0 Å². The normalized spacial score (nSPS) is 24.6. The van der Waals surface area contributed by atoms with Crippen molar-refractivity contribution in [2.75, 3.05) is 6.54 Å². The molecule has 2 nitrogen and oxygen atoms in total. The number of rotatable bonds is 1. The molecule has 0 aromatic heterocycles. The number of likely N-dealkylation sites (tertiary alicyclic amines) is 1. The van der Waals surface area contributed by atoms with Crippen molar-refractivity contribution in [1.82, 2.24) is 4.90 Å². The van der Waals surface area contributed by atoms with E-state index in [0.29, 0.717) is 6.04 Å². The average molecular weight is 214 g/mol. The fourth-order valence-electron chi connectivity index (χ4n) is 3.09. The molecular weight excluding hydrogens is 196 g/mol. The minimum atomic E-state index is 0.486. The third-order valence-corrected chi connectivity index (χ3v) is 3.87. The molecule has 0 radical (unpaired) electrons. The molecule has 16 heavy (non-hydrogen) atoms. The van der Waals surface area contributed by atoms with Crippen LogP contribution >= 0.6 is 0 Å². The summed E-state index contributed by atoms with van der Waals surface area (Å²) in [5, 5.41) is 8.01. The summed E-state index contributed by atoms with van der Waals surface area (Å²) in [5.41, 5.74) is 2.97. The largest absolute Gasteiger partial charge is 0.353 e. The number of fused-ring (bicyclic) bond motifs is 1. The predicted octanol–water partition coefficient (Wildman–Crippen LogP) is 3.14. The minimum absolute atomic E-state index is 0.486. The first-order valence-electron chi connectivity index (χ1n) is 6.28. The summed E-state index contributed by atoms with van der Waals surface area (Å²) in [6, 6.07) is 9.26. The molecule has 1 aliphatic heterocycles. The minimum Gasteiger partial charge on any atom is -0.353 e. The van der Waals surface area contributed by atoms with Gasteiger partial charge in [0.2, 0.25) is 0 Å². The Labute approximate surface area is 96.8 Å². The monoisotopic (exact) mass is 214 g/mol. The van der Waals surface area contributed by atoms with Crippen molar-refractivity contribution in [3.05, 3.63) is 35.4 Å². The highest BCUT2D eigenvalue weighted by molar-refractivity contribution is 5.81. The highest BCUT2D eigenvalue weighted by Gasteiger charge is 2.29. The summed E-state index contributed by atoms with van der Waals surface area (Å²) in [7, 11) is 0. The molecule has 1 aromatic rings. The summed E-state index contributed by atoms with van der Waals surface area (Å²) in [5.74, 6) is 0.849. The zero-order valence-corrected chi connectivity index (χ0v) is 9.58. The fraction of sp³-hybridized carbons (Fsp3) is 0.500. The predicted molar refractivity (Wildman–Crippen MR) is 65.8 cm³/mol. The van der Waals surface area contributed by atoms with Crippen LogP contribution in [0.2, 0.25) is 0 Å². The van der Waals surface area contributed by atoms with Crippen LogP contribution in [0.15, 0.2) is 24.3 Å². The van der Waals surface area contributed by atoms with Gasteiger partial charge in [-0.25, -0.2) is 0 Å². The molecule has 1 heterocycles. The lowest BCUT2D eigenvalue weighted by molar-refractivity contribution is 0.303. The molecule has 0 amide bonds. The Morgan fingerprint density at radius 2 is 2.00 bits per heavy atom. The molecule has 2 aliphatic rings. The topological polar surface area (TPSA) is 27.1 Å². The molecule has 1 fully saturated rings. The van der Waals surface area contributed by atoms with Crippen LogP contribution in [0.25, 0.3) is 0 Å². The molecule has 0 saturated carbocycles. The van der Waals surface area contributed by atoms with Crippen molar-refractivity contribution in [2.45, 2.75) is 38.1 Å². The van der Waals surface area contributed by atoms with Gasteiger partial charge in [0.15, 0.2) is 0 Å². The van der Waals surface area contributed by atoms with Crippen LogP contribution in [0.5, 0.6) is 0 Å². The summed E-state index contributed by atoms with van der Waals surface area (Å²) in [4.78, 5) is 2.32. The van der Waals surface area contributed by atoms with Gasteiger partial charge in [0.25, 0.3) is 0 Å². The Kier molecular flexibility index (Phi) is 2.43. The van der Waals surface area contributed by atoms with Gasteiger partial charge in [-0.15, -0.1) is 0 Å². The lowest BCUT2D eigenvalue weighted by Gasteiger charge is -2.34. The summed E-state index contributed by atoms with van der Waals surface area (Å²) < 4.78 is 0. The van der Waals surface area contributed by atoms with Gasteiger partial charge in [-0.05, 0) is 36.8 Å². The summed E-state index contributed by atoms with van der Waals surface area (Å²) in [6.07, 6.45) is 5.84. The average Bonchev–Trinajstić information content (AvgIpc) is 2.75. The van der Waals surface area contributed by atoms with E-state index in [2.05, 4.69) is 29.2 Å². The Hall–Kier alpha value is -1.31. The zero-order chi connectivity index (χ0) is 11.0. The first-order valence-corrected chi connectivity index (χ1v) is 6.28. The first-order chi connectivity index (χ1) is 7.86. The van der Waals surface area contributed by atoms with E-state index >= 15 is 0 Å². The van der Waals surface area contributed by atoms with E-state index in [4.69, 9.17) is 5.41 Å². The second-order valence-corrected chi connectivity index (χ2v) is 4.85. The first kappa shape index (κ1) is 9.88. The highest BCUT2D eigenvalue weighted by Crippen LogP contribution is 2.36. The Bertz CT molecular complexity index is 411. The van der Waals surface area contributed by atoms with E-state index in [-0.39, 0.29) is 0 Å². The third-order valence-electron chi connectivity index (χ3n) is 3.87. The number of nitrogens with one attached hydrogen (secondary N) is 1. The van der Waals surface area contributed by atoms with Crippen molar-refractivity contribution >= 4 is 5.84 Å². The molecule has 1 aliphatic carbocycles.